The molecule has 0 aliphatic rings. The van der Waals surface area contributed by atoms with E-state index in [1.165, 1.54) is 50.6 Å². The van der Waals surface area contributed by atoms with Crippen LogP contribution in [0.1, 0.15) is 13.9 Å². The van der Waals surface area contributed by atoms with Crippen molar-refractivity contribution in [2.75, 3.05) is 14.2 Å². The molecule has 0 fully saturated rings. The number of ether oxygens (including phenoxy) is 2. The molecule has 0 heterocycles. The summed E-state index contributed by atoms with van der Waals surface area (Å²) in [6.07, 6.45) is 2.92. The Hall–Kier alpha value is -3.67. The highest BCUT2D eigenvalue weighted by Gasteiger charge is 2.02. The van der Waals surface area contributed by atoms with Crippen molar-refractivity contribution in [1.29, 1.82) is 0 Å². The number of phenolic OH excluding ortho intramolecular Hbond substituents is 2. The van der Waals surface area contributed by atoms with Gasteiger partial charge >= 0.3 is 0 Å². The second-order valence-corrected chi connectivity index (χ2v) is 5.32. The van der Waals surface area contributed by atoms with Gasteiger partial charge in [-0.15, -0.1) is 0 Å². The van der Waals surface area contributed by atoms with Crippen molar-refractivity contribution >= 4 is 17.9 Å². The first-order valence-electron chi connectivity index (χ1n) is 8.81. The van der Waals surface area contributed by atoms with Crippen LogP contribution in [0.2, 0.25) is 0 Å². The Kier molecular flexibility index (Phi) is 5.68. The number of aromatic hydroxyl groups is 2. The lowest BCUT2D eigenvalue weighted by Gasteiger charge is -2.03. The van der Waals surface area contributed by atoms with Crippen LogP contribution in [0.25, 0.3) is 12.1 Å². The summed E-state index contributed by atoms with van der Waals surface area (Å²) < 4.78 is 25.9. The quantitative estimate of drug-likeness (QED) is 0.389. The fourth-order valence-corrected chi connectivity index (χ4v) is 2.08. The molecule has 0 amide bonds. The van der Waals surface area contributed by atoms with Crippen molar-refractivity contribution in [2.24, 2.45) is 0 Å². The van der Waals surface area contributed by atoms with Gasteiger partial charge < -0.3 is 24.8 Å². The fourth-order valence-electron chi connectivity index (χ4n) is 2.08. The van der Waals surface area contributed by atoms with Gasteiger partial charge in [0, 0.05) is 6.08 Å². The van der Waals surface area contributed by atoms with Crippen molar-refractivity contribution in [2.45, 2.75) is 0 Å². The molecule has 6 nitrogen and oxygen atoms in total. The molecule has 140 valence electrons. The van der Waals surface area contributed by atoms with Crippen molar-refractivity contribution in [3.8, 4) is 23.0 Å². The van der Waals surface area contributed by atoms with Crippen LogP contribution < -0.4 is 9.47 Å². The van der Waals surface area contributed by atoms with Gasteiger partial charge in [0.05, 0.1) is 17.0 Å². The summed E-state index contributed by atoms with van der Waals surface area (Å²) in [7, 11) is 2.74. The van der Waals surface area contributed by atoms with Crippen LogP contribution in [0.3, 0.4) is 0 Å². The Labute approximate surface area is 159 Å². The SMILES string of the molecule is [2H]C(=CC(=O)C=C(O)C=C([2H])c1ccc(O)c(OC)c1)c1ccc(O)c(OC)c1. The van der Waals surface area contributed by atoms with E-state index in [9.17, 15) is 20.1 Å². The zero-order valence-corrected chi connectivity index (χ0v) is 14.8. The van der Waals surface area contributed by atoms with Crippen LogP contribution in [0, 0.1) is 0 Å². The summed E-state index contributed by atoms with van der Waals surface area (Å²) in [5, 5.41) is 29.1. The topological polar surface area (TPSA) is 96.2 Å². The molecule has 0 saturated carbocycles. The maximum Gasteiger partial charge on any atom is 0.182 e. The normalized spacial score (nSPS) is 13.6. The van der Waals surface area contributed by atoms with Gasteiger partial charge in [-0.05, 0) is 47.5 Å². The van der Waals surface area contributed by atoms with Gasteiger partial charge in [-0.2, -0.15) is 0 Å². The van der Waals surface area contributed by atoms with Gasteiger partial charge in [0.1, 0.15) is 5.76 Å². The highest BCUT2D eigenvalue weighted by Crippen LogP contribution is 2.27. The molecule has 27 heavy (non-hydrogen) atoms. The van der Waals surface area contributed by atoms with Crippen LogP contribution in [-0.2, 0) is 4.79 Å². The highest BCUT2D eigenvalue weighted by atomic mass is 16.5. The Bertz CT molecular complexity index is 1010. The number of carbonyl (C=O) groups is 1. The molecule has 2 aromatic carbocycles. The van der Waals surface area contributed by atoms with Gasteiger partial charge in [0.15, 0.2) is 28.8 Å². The molecule has 0 aliphatic heterocycles. The molecular weight excluding hydrogens is 348 g/mol. The van der Waals surface area contributed by atoms with Crippen LogP contribution in [0.5, 0.6) is 23.0 Å². The number of aliphatic hydroxyl groups is 1. The number of carbonyl (C=O) groups excluding carboxylic acids is 1. The van der Waals surface area contributed by atoms with Crippen molar-refractivity contribution in [3.63, 3.8) is 0 Å². The predicted octanol–water partition coefficient (Wildman–Crippen LogP) is 3.85. The summed E-state index contributed by atoms with van der Waals surface area (Å²) in [5.74, 6) is -0.972. The van der Waals surface area contributed by atoms with E-state index in [0.717, 1.165) is 18.2 Å². The molecule has 3 N–H and O–H groups in total. The number of rotatable bonds is 7. The fraction of sp³-hybridized carbons (Fsp3) is 0.0952. The van der Waals surface area contributed by atoms with Gasteiger partial charge in [0.25, 0.3) is 0 Å². The third kappa shape index (κ3) is 5.67. The molecule has 0 aliphatic carbocycles. The predicted molar refractivity (Wildman–Crippen MR) is 103 cm³/mol. The molecular formula is C21H20O6. The molecule has 2 rings (SSSR count). The largest absolute Gasteiger partial charge is 0.508 e. The van der Waals surface area contributed by atoms with Crippen LogP contribution in [-0.4, -0.2) is 35.3 Å². The van der Waals surface area contributed by atoms with Crippen molar-refractivity contribution in [1.82, 2.24) is 0 Å². The summed E-state index contributed by atoms with van der Waals surface area (Å²) in [5.41, 5.74) is 0.703. The second kappa shape index (κ2) is 9.15. The van der Waals surface area contributed by atoms with E-state index in [0.29, 0.717) is 11.1 Å². The van der Waals surface area contributed by atoms with Gasteiger partial charge in [-0.3, -0.25) is 4.79 Å². The second-order valence-electron chi connectivity index (χ2n) is 5.32. The Morgan fingerprint density at radius 3 is 1.89 bits per heavy atom. The van der Waals surface area contributed by atoms with E-state index < -0.39 is 11.5 Å². The van der Waals surface area contributed by atoms with Crippen molar-refractivity contribution < 1.29 is 32.3 Å². The number of benzene rings is 2. The first-order chi connectivity index (χ1) is 13.7. The third-order valence-corrected chi connectivity index (χ3v) is 3.42. The van der Waals surface area contributed by atoms with E-state index in [2.05, 4.69) is 0 Å². The zero-order valence-electron chi connectivity index (χ0n) is 16.8. The minimum Gasteiger partial charge on any atom is -0.508 e. The Morgan fingerprint density at radius 1 is 0.926 bits per heavy atom. The summed E-state index contributed by atoms with van der Waals surface area (Å²) >= 11 is 0. The van der Waals surface area contributed by atoms with Crippen LogP contribution in [0.15, 0.2) is 60.4 Å². The summed E-state index contributed by atoms with van der Waals surface area (Å²) in [4.78, 5) is 12.1. The van der Waals surface area contributed by atoms with E-state index in [1.54, 1.807) is 0 Å². The van der Waals surface area contributed by atoms with E-state index in [4.69, 9.17) is 12.2 Å². The average Bonchev–Trinajstić information content (AvgIpc) is 2.68. The lowest BCUT2D eigenvalue weighted by atomic mass is 10.1. The standard InChI is InChI=1S/C21H20O6/c1-26-20-11-14(5-9-18(20)24)3-7-16(22)13-17(23)8-4-15-6-10-19(25)21(12-15)27-2/h3-13,22,24-25H,1-2H3/i3D,4D. The number of phenols is 2. The lowest BCUT2D eigenvalue weighted by Crippen LogP contribution is -1.89. The molecule has 0 saturated heterocycles. The maximum absolute atomic E-state index is 12.1. The van der Waals surface area contributed by atoms with E-state index in [1.807, 2.05) is 0 Å². The minimum atomic E-state index is -0.660. The number of aliphatic hydroxyl groups excluding tert-OH is 1. The number of hydrogen-bond donors (Lipinski definition) is 3. The van der Waals surface area contributed by atoms with Gasteiger partial charge in [-0.1, -0.05) is 24.2 Å². The molecule has 2 aromatic rings. The van der Waals surface area contributed by atoms with Gasteiger partial charge in [0.2, 0.25) is 0 Å². The minimum absolute atomic E-state index is 0.0852. The molecule has 0 aromatic heterocycles. The van der Waals surface area contributed by atoms with E-state index in [-0.39, 0.29) is 35.1 Å². The number of ketones is 1. The average molecular weight is 370 g/mol. The molecule has 0 radical (unpaired) electrons. The lowest BCUT2D eigenvalue weighted by molar-refractivity contribution is -0.110. The first kappa shape index (κ1) is 16.8. The van der Waals surface area contributed by atoms with Crippen LogP contribution in [0.4, 0.5) is 0 Å². The van der Waals surface area contributed by atoms with Crippen LogP contribution >= 0.6 is 0 Å². The Morgan fingerprint density at radius 2 is 1.41 bits per heavy atom. The number of allylic oxidation sites excluding steroid dienone is 3. The smallest absolute Gasteiger partial charge is 0.182 e. The molecule has 0 atom stereocenters. The summed E-state index contributed by atoms with van der Waals surface area (Å²) in [6, 6.07) is 8.19. The third-order valence-electron chi connectivity index (χ3n) is 3.42. The van der Waals surface area contributed by atoms with Gasteiger partial charge in [-0.25, -0.2) is 0 Å². The molecule has 0 spiro atoms. The molecule has 6 heteroatoms. The number of hydrogen-bond acceptors (Lipinski definition) is 6. The molecule has 0 bridgehead atoms. The van der Waals surface area contributed by atoms with E-state index >= 15 is 0 Å². The molecule has 0 unspecified atom stereocenters. The highest BCUT2D eigenvalue weighted by molar-refractivity contribution is 6.02. The summed E-state index contributed by atoms with van der Waals surface area (Å²) in [6.45, 7) is 0. The maximum atomic E-state index is 12.1. The zero-order chi connectivity index (χ0) is 21.6. The van der Waals surface area contributed by atoms with Crippen molar-refractivity contribution in [3.05, 3.63) is 71.5 Å². The monoisotopic (exact) mass is 370 g/mol. The first-order valence-corrected chi connectivity index (χ1v) is 7.81. The Balaban J connectivity index is 2.21. The number of methoxy groups -OCH3 is 2.